The molecule has 0 saturated heterocycles. The maximum Gasteiger partial charge on any atom is 0.135 e. The summed E-state index contributed by atoms with van der Waals surface area (Å²) in [4.78, 5) is 0. The molecule has 166 valence electrons. The van der Waals surface area contributed by atoms with Gasteiger partial charge in [0.25, 0.3) is 0 Å². The van der Waals surface area contributed by atoms with E-state index in [0.717, 1.165) is 60.4 Å². The summed E-state index contributed by atoms with van der Waals surface area (Å²) >= 11 is 0. The number of ether oxygens (including phenoxy) is 1. The summed E-state index contributed by atoms with van der Waals surface area (Å²) < 4.78 is 5.48. The van der Waals surface area contributed by atoms with Gasteiger partial charge in [0.15, 0.2) is 0 Å². The molecule has 0 bridgehead atoms. The van der Waals surface area contributed by atoms with Crippen molar-refractivity contribution in [3.8, 4) is 0 Å². The minimum atomic E-state index is 0.524. The zero-order valence-corrected chi connectivity index (χ0v) is 19.0. The van der Waals surface area contributed by atoms with E-state index in [-0.39, 0.29) is 0 Å². The van der Waals surface area contributed by atoms with Gasteiger partial charge in [0.1, 0.15) is 5.84 Å². The van der Waals surface area contributed by atoms with Crippen LogP contribution in [0.4, 0.5) is 0 Å². The number of hydrogen-bond acceptors (Lipinski definition) is 4. The highest BCUT2D eigenvalue weighted by Gasteiger charge is 2.56. The third-order valence-electron chi connectivity index (χ3n) is 9.98. The summed E-state index contributed by atoms with van der Waals surface area (Å²) in [6.07, 6.45) is 14.2. The molecule has 0 aromatic carbocycles. The smallest absolute Gasteiger partial charge is 0.135 e. The van der Waals surface area contributed by atoms with Crippen LogP contribution in [0.1, 0.15) is 78.1 Å². The molecular formula is C24H44N4O. The number of nitrogens with zero attached hydrogens (tertiary/aromatic N) is 2. The van der Waals surface area contributed by atoms with Gasteiger partial charge in [-0.1, -0.05) is 6.92 Å². The number of hydrazine groups is 1. The first kappa shape index (κ1) is 21.4. The molecule has 4 aliphatic rings. The van der Waals surface area contributed by atoms with Crippen LogP contribution in [0, 0.1) is 46.8 Å². The lowest BCUT2D eigenvalue weighted by Crippen LogP contribution is -2.49. The molecule has 5 heteroatoms. The van der Waals surface area contributed by atoms with Gasteiger partial charge in [0.2, 0.25) is 0 Å². The standard InChI is InChI=1S/C24H44N4O/c1-16(27-25)28(26)13-11-19-6-9-23-22-8-5-18-14-17(15-29-3)4-7-20(18)21(22)10-12-24(19,23)2/h17-23H,4-15,25-26H2,1-3H3/b27-16-. The molecule has 0 spiro atoms. The Morgan fingerprint density at radius 1 is 1.07 bits per heavy atom. The molecule has 4 saturated carbocycles. The number of rotatable bonds is 5. The quantitative estimate of drug-likeness (QED) is 0.309. The Morgan fingerprint density at radius 3 is 2.62 bits per heavy atom. The van der Waals surface area contributed by atoms with Gasteiger partial charge in [0, 0.05) is 20.3 Å². The summed E-state index contributed by atoms with van der Waals surface area (Å²) in [6.45, 7) is 6.37. The van der Waals surface area contributed by atoms with Gasteiger partial charge in [-0.15, -0.1) is 0 Å². The molecule has 8 unspecified atom stereocenters. The van der Waals surface area contributed by atoms with Crippen LogP contribution < -0.4 is 11.7 Å². The van der Waals surface area contributed by atoms with Crippen LogP contribution in [-0.2, 0) is 4.74 Å². The van der Waals surface area contributed by atoms with Gasteiger partial charge in [-0.3, -0.25) is 5.01 Å². The van der Waals surface area contributed by atoms with E-state index in [1.54, 1.807) is 5.01 Å². The van der Waals surface area contributed by atoms with Crippen molar-refractivity contribution >= 4 is 5.84 Å². The van der Waals surface area contributed by atoms with Crippen LogP contribution in [0.2, 0.25) is 0 Å². The van der Waals surface area contributed by atoms with Gasteiger partial charge in [-0.25, -0.2) is 5.84 Å². The fourth-order valence-electron chi connectivity index (χ4n) is 8.45. The maximum absolute atomic E-state index is 6.14. The Kier molecular flexibility index (Phi) is 6.46. The fourth-order valence-corrected chi connectivity index (χ4v) is 8.45. The predicted octanol–water partition coefficient (Wildman–Crippen LogP) is 4.38. The number of hydrazone groups is 1. The lowest BCUT2D eigenvalue weighted by atomic mass is 9.49. The van der Waals surface area contributed by atoms with Crippen molar-refractivity contribution in [2.24, 2.45) is 63.6 Å². The van der Waals surface area contributed by atoms with Crippen molar-refractivity contribution in [1.29, 1.82) is 0 Å². The fraction of sp³-hybridized carbons (Fsp3) is 0.958. The Hall–Kier alpha value is -0.810. The van der Waals surface area contributed by atoms with Gasteiger partial charge >= 0.3 is 0 Å². The minimum Gasteiger partial charge on any atom is -0.384 e. The Balaban J connectivity index is 1.39. The Bertz CT molecular complexity index is 595. The first-order valence-corrected chi connectivity index (χ1v) is 12.2. The van der Waals surface area contributed by atoms with Gasteiger partial charge in [-0.05, 0) is 118 Å². The van der Waals surface area contributed by atoms with E-state index in [4.69, 9.17) is 16.4 Å². The monoisotopic (exact) mass is 404 g/mol. The molecule has 0 amide bonds. The van der Waals surface area contributed by atoms with Gasteiger partial charge < -0.3 is 10.6 Å². The van der Waals surface area contributed by atoms with Crippen LogP contribution in [0.25, 0.3) is 0 Å². The molecule has 0 aromatic rings. The van der Waals surface area contributed by atoms with Crippen molar-refractivity contribution in [2.45, 2.75) is 78.1 Å². The lowest BCUT2D eigenvalue weighted by Gasteiger charge is -2.56. The van der Waals surface area contributed by atoms with E-state index in [9.17, 15) is 0 Å². The summed E-state index contributed by atoms with van der Waals surface area (Å²) in [5, 5.41) is 5.49. The van der Waals surface area contributed by atoms with Crippen LogP contribution >= 0.6 is 0 Å². The lowest BCUT2D eigenvalue weighted by molar-refractivity contribution is -0.0727. The highest BCUT2D eigenvalue weighted by atomic mass is 16.5. The van der Waals surface area contributed by atoms with Crippen molar-refractivity contribution in [2.75, 3.05) is 20.3 Å². The largest absolute Gasteiger partial charge is 0.384 e. The molecular weight excluding hydrogens is 360 g/mol. The number of amidine groups is 1. The van der Waals surface area contributed by atoms with Crippen LogP contribution in [0.15, 0.2) is 5.10 Å². The van der Waals surface area contributed by atoms with Gasteiger partial charge in [0.05, 0.1) is 0 Å². The van der Waals surface area contributed by atoms with E-state index in [1.807, 2.05) is 14.0 Å². The minimum absolute atomic E-state index is 0.524. The number of methoxy groups -OCH3 is 1. The topological polar surface area (TPSA) is 76.9 Å². The molecule has 4 N–H and O–H groups in total. The van der Waals surface area contributed by atoms with E-state index in [1.165, 1.54) is 64.2 Å². The number of hydrogen-bond donors (Lipinski definition) is 2. The molecule has 0 aromatic heterocycles. The zero-order chi connectivity index (χ0) is 20.6. The average Bonchev–Trinajstić information content (AvgIpc) is 3.07. The molecule has 8 atom stereocenters. The first-order valence-electron chi connectivity index (χ1n) is 12.2. The first-order chi connectivity index (χ1) is 14.0. The molecule has 4 aliphatic carbocycles. The second kappa shape index (κ2) is 8.74. The summed E-state index contributed by atoms with van der Waals surface area (Å²) in [5.74, 6) is 18.8. The van der Waals surface area contributed by atoms with Crippen molar-refractivity contribution < 1.29 is 4.74 Å². The summed E-state index contributed by atoms with van der Waals surface area (Å²) in [5.41, 5.74) is 0.524. The number of fused-ring (bicyclic) bond motifs is 5. The summed E-state index contributed by atoms with van der Waals surface area (Å²) in [6, 6.07) is 0. The summed E-state index contributed by atoms with van der Waals surface area (Å²) in [7, 11) is 1.87. The van der Waals surface area contributed by atoms with Crippen LogP contribution in [-0.4, -0.2) is 31.1 Å². The molecule has 4 fully saturated rings. The van der Waals surface area contributed by atoms with Crippen molar-refractivity contribution in [3.63, 3.8) is 0 Å². The molecule has 0 aliphatic heterocycles. The normalized spacial score (nSPS) is 44.7. The van der Waals surface area contributed by atoms with E-state index < -0.39 is 0 Å². The average molecular weight is 405 g/mol. The highest BCUT2D eigenvalue weighted by molar-refractivity contribution is 5.78. The Morgan fingerprint density at radius 2 is 1.86 bits per heavy atom. The SMILES string of the molecule is COCC1CCC2C(CCC3C2CCC2(C)C(CCN(N)/C(C)=N\N)CCC32)C1. The second-order valence-electron chi connectivity index (χ2n) is 11.0. The molecule has 0 radical (unpaired) electrons. The maximum atomic E-state index is 6.14. The highest BCUT2D eigenvalue weighted by Crippen LogP contribution is 2.64. The number of nitrogens with two attached hydrogens (primary N) is 2. The molecule has 5 nitrogen and oxygen atoms in total. The van der Waals surface area contributed by atoms with Crippen LogP contribution in [0.5, 0.6) is 0 Å². The molecule has 4 rings (SSSR count). The third-order valence-corrected chi connectivity index (χ3v) is 9.98. The molecule has 0 heterocycles. The second-order valence-corrected chi connectivity index (χ2v) is 11.0. The predicted molar refractivity (Wildman–Crippen MR) is 119 cm³/mol. The van der Waals surface area contributed by atoms with E-state index >= 15 is 0 Å². The zero-order valence-electron chi connectivity index (χ0n) is 19.0. The van der Waals surface area contributed by atoms with Crippen molar-refractivity contribution in [3.05, 3.63) is 0 Å². The van der Waals surface area contributed by atoms with E-state index in [2.05, 4.69) is 12.0 Å². The van der Waals surface area contributed by atoms with Gasteiger partial charge in [-0.2, -0.15) is 5.10 Å². The molecule has 29 heavy (non-hydrogen) atoms. The van der Waals surface area contributed by atoms with E-state index in [0.29, 0.717) is 5.41 Å². The van der Waals surface area contributed by atoms with Crippen molar-refractivity contribution in [1.82, 2.24) is 5.01 Å². The van der Waals surface area contributed by atoms with Crippen LogP contribution in [0.3, 0.4) is 0 Å². The Labute approximate surface area is 177 Å². The third kappa shape index (κ3) is 3.94.